The van der Waals surface area contributed by atoms with E-state index >= 15 is 0 Å². The summed E-state index contributed by atoms with van der Waals surface area (Å²) in [6.07, 6.45) is 5.02. The number of nitrogens with two attached hydrogens (primary N) is 1. The van der Waals surface area contributed by atoms with E-state index in [4.69, 9.17) is 50.7 Å². The zero-order valence-corrected chi connectivity index (χ0v) is 55.5. The third-order valence-electron chi connectivity index (χ3n) is 18.0. The average molecular weight is 1290 g/mol. The van der Waals surface area contributed by atoms with Crippen molar-refractivity contribution < 1.29 is 76.7 Å². The fraction of sp³-hybridized carbons (Fsp3) is 0.588. The highest BCUT2D eigenvalue weighted by Crippen LogP contribution is 2.50. The van der Waals surface area contributed by atoms with Gasteiger partial charge >= 0.3 is 23.9 Å². The van der Waals surface area contributed by atoms with Crippen LogP contribution in [0.4, 0.5) is 10.5 Å². The van der Waals surface area contributed by atoms with Crippen LogP contribution in [0.25, 0.3) is 10.9 Å². The van der Waals surface area contributed by atoms with Crippen LogP contribution >= 0.6 is 11.6 Å². The molecule has 6 rings (SSSR count). The Bertz CT molecular complexity index is 3200. The number of amides is 5. The number of aromatic nitrogens is 1. The number of nitrogens with one attached hydrogen (secondary N) is 2. The molecule has 2 saturated heterocycles. The van der Waals surface area contributed by atoms with Gasteiger partial charge in [-0.25, -0.2) is 9.59 Å². The van der Waals surface area contributed by atoms with Crippen LogP contribution in [-0.2, 0) is 70.1 Å². The summed E-state index contributed by atoms with van der Waals surface area (Å²) in [5.74, 6) is -4.98. The number of allylic oxidation sites excluding steroid dienone is 3. The molecule has 5 N–H and O–H groups in total. The molecular formula is C68H93ClN6O16. The van der Waals surface area contributed by atoms with Crippen molar-refractivity contribution in [1.29, 1.82) is 0 Å². The molecule has 5 amide bonds. The van der Waals surface area contributed by atoms with E-state index in [9.17, 15) is 48.3 Å². The lowest BCUT2D eigenvalue weighted by atomic mass is 9.78. The van der Waals surface area contributed by atoms with Gasteiger partial charge < -0.3 is 59.7 Å². The number of aliphatic hydroxyl groups is 1. The number of likely N-dealkylation sites (N-methyl/N-ethyl adjacent to an activating group) is 1. The second kappa shape index (κ2) is 32.8. The predicted octanol–water partition coefficient (Wildman–Crippen LogP) is 8.44. The number of hydrogen-bond donors (Lipinski definition) is 4. The second-order valence-electron chi connectivity index (χ2n) is 25.1. The zero-order chi connectivity index (χ0) is 67.1. The minimum atomic E-state index is -1.66. The molecule has 0 spiro atoms. The minimum absolute atomic E-state index is 0.00881. The first kappa shape index (κ1) is 72.8. The van der Waals surface area contributed by atoms with E-state index in [1.807, 2.05) is 40.7 Å². The Morgan fingerprint density at radius 1 is 0.978 bits per heavy atom. The summed E-state index contributed by atoms with van der Waals surface area (Å²) in [7, 11) is 5.91. The Hall–Kier alpha value is -7.27. The Balaban J connectivity index is 1.15. The molecule has 10 atom stereocenters. The minimum Gasteiger partial charge on any atom is -0.495 e. The van der Waals surface area contributed by atoms with Gasteiger partial charge in [0, 0.05) is 75.5 Å². The molecule has 3 aromatic rings. The second-order valence-corrected chi connectivity index (χ2v) is 25.4. The summed E-state index contributed by atoms with van der Waals surface area (Å²) in [6, 6.07) is 8.69. The number of hydrogen-bond acceptors (Lipinski definition) is 17. The van der Waals surface area contributed by atoms with Crippen LogP contribution in [0.3, 0.4) is 0 Å². The van der Waals surface area contributed by atoms with Crippen molar-refractivity contribution in [3.05, 3.63) is 88.1 Å². The molecule has 2 aromatic carbocycles. The molecule has 4 bridgehead atoms. The molecule has 91 heavy (non-hydrogen) atoms. The Morgan fingerprint density at radius 2 is 1.70 bits per heavy atom. The first-order chi connectivity index (χ1) is 43.1. The van der Waals surface area contributed by atoms with E-state index in [0.717, 1.165) is 11.1 Å². The van der Waals surface area contributed by atoms with E-state index in [-0.39, 0.29) is 91.6 Å². The lowest BCUT2D eigenvalue weighted by Crippen LogP contribution is -2.53. The smallest absolute Gasteiger partial charge is 0.328 e. The average Bonchev–Trinajstić information content (AvgIpc) is 1.58. The number of esters is 3. The first-order valence-corrected chi connectivity index (χ1v) is 32.0. The lowest BCUT2D eigenvalue weighted by molar-refractivity contribution is -0.187. The van der Waals surface area contributed by atoms with E-state index in [0.29, 0.717) is 73.0 Å². The highest BCUT2D eigenvalue weighted by atomic mass is 35.5. The number of nitrogens with zero attached hydrogens (tertiary/aromatic N) is 3. The summed E-state index contributed by atoms with van der Waals surface area (Å²) in [4.78, 5) is 129. The molecule has 2 fully saturated rings. The summed E-state index contributed by atoms with van der Waals surface area (Å²) in [6.45, 7) is 14.9. The van der Waals surface area contributed by atoms with Crippen LogP contribution in [0, 0.1) is 23.7 Å². The van der Waals surface area contributed by atoms with Crippen molar-refractivity contribution >= 4 is 81.4 Å². The third kappa shape index (κ3) is 19.2. The van der Waals surface area contributed by atoms with Crippen molar-refractivity contribution in [3.63, 3.8) is 0 Å². The van der Waals surface area contributed by atoms with Crippen LogP contribution in [0.15, 0.2) is 66.3 Å². The van der Waals surface area contributed by atoms with Gasteiger partial charge in [0.2, 0.25) is 11.8 Å². The topological polar surface area (TPSA) is 302 Å². The number of carbonyl (C=O) groups is 9. The third-order valence-corrected chi connectivity index (χ3v) is 18.4. The zero-order valence-electron chi connectivity index (χ0n) is 54.7. The number of halogens is 1. The van der Waals surface area contributed by atoms with Crippen LogP contribution in [-0.4, -0.2) is 157 Å². The van der Waals surface area contributed by atoms with Crippen molar-refractivity contribution in [1.82, 2.24) is 20.5 Å². The maximum Gasteiger partial charge on any atom is 0.328 e. The number of anilines is 1. The molecule has 1 aromatic heterocycles. The number of rotatable bonds is 27. The van der Waals surface area contributed by atoms with Crippen LogP contribution in [0.1, 0.15) is 154 Å². The number of carbonyl (C=O) groups excluding carboxylic acids is 9. The van der Waals surface area contributed by atoms with E-state index in [1.54, 1.807) is 69.4 Å². The fourth-order valence-electron chi connectivity index (χ4n) is 11.9. The quantitative estimate of drug-likeness (QED) is 0.0241. The molecule has 23 heteroatoms. The largest absolute Gasteiger partial charge is 0.495 e. The molecule has 3 aliphatic heterocycles. The number of ketones is 2. The van der Waals surface area contributed by atoms with Crippen molar-refractivity contribution in [2.75, 3.05) is 46.4 Å². The molecule has 0 aliphatic carbocycles. The van der Waals surface area contributed by atoms with Gasteiger partial charge in [-0.1, -0.05) is 76.1 Å². The molecule has 4 heterocycles. The van der Waals surface area contributed by atoms with E-state index < -0.39 is 102 Å². The van der Waals surface area contributed by atoms with Gasteiger partial charge in [-0.3, -0.25) is 38.5 Å². The molecule has 3 aliphatic rings. The summed E-state index contributed by atoms with van der Waals surface area (Å²) in [5, 5.41) is 18.2. The number of pyridine rings is 1. The van der Waals surface area contributed by atoms with Crippen LogP contribution in [0.5, 0.6) is 5.75 Å². The highest BCUT2D eigenvalue weighted by molar-refractivity contribution is 6.35. The summed E-state index contributed by atoms with van der Waals surface area (Å²) in [5.41, 5.74) is 5.33. The Kier molecular flexibility index (Phi) is 26.3. The monoisotopic (exact) mass is 1280 g/mol. The predicted molar refractivity (Wildman–Crippen MR) is 342 cm³/mol. The van der Waals surface area contributed by atoms with Crippen LogP contribution < -0.4 is 26.0 Å². The SMILES string of the molecule is CCC(CC)C(=O)OCCCCCC(=O)C[C@H](C(=O)N[C@@H](CCCNC(N)=O)C(=O)Cc1ccc2cc(C(=O)N(C)[C@@H](C)C(=O)O[C@H]3CC(=O)N(C)c4cc(cc(OC)c4Cl)C/C(C)=C/C=C/[C@@H](OC)[C@]4(O)CC(=O)O[C@@H](C4)[C@@H](C)[C@@H]4O[C@@]34C)ccc2n1)C(C)C. The van der Waals surface area contributed by atoms with Crippen LogP contribution in [0.2, 0.25) is 5.02 Å². The van der Waals surface area contributed by atoms with Crippen molar-refractivity contribution in [3.8, 4) is 5.75 Å². The lowest BCUT2D eigenvalue weighted by Gasteiger charge is -2.41. The number of ether oxygens (including phenoxy) is 6. The molecule has 22 nitrogen and oxygen atoms in total. The number of primary amides is 1. The normalized spacial score (nSPS) is 23.8. The number of benzene rings is 2. The molecule has 498 valence electrons. The number of epoxide rings is 1. The van der Waals surface area contributed by atoms with Gasteiger partial charge in [0.1, 0.15) is 52.1 Å². The molecule has 0 radical (unpaired) electrons. The summed E-state index contributed by atoms with van der Waals surface area (Å²) < 4.78 is 35.3. The highest BCUT2D eigenvalue weighted by Gasteiger charge is 2.64. The van der Waals surface area contributed by atoms with Gasteiger partial charge in [-0.2, -0.15) is 0 Å². The van der Waals surface area contributed by atoms with E-state index in [2.05, 4.69) is 10.6 Å². The number of unbranched alkanes of at least 4 members (excludes halogenated alkanes) is 2. The van der Waals surface area contributed by atoms with Crippen molar-refractivity contribution in [2.24, 2.45) is 29.4 Å². The maximum atomic E-state index is 14.6. The molecular weight excluding hydrogens is 1190 g/mol. The fourth-order valence-corrected chi connectivity index (χ4v) is 12.3. The number of fused-ring (bicyclic) bond motifs is 6. The van der Waals surface area contributed by atoms with Gasteiger partial charge in [0.05, 0.1) is 62.2 Å². The number of urea groups is 1. The first-order valence-electron chi connectivity index (χ1n) is 31.6. The van der Waals surface area contributed by atoms with Crippen molar-refractivity contribution in [2.45, 2.75) is 193 Å². The standard InChI is InChI=1S/C68H93ClN6O16/c1-13-44(14-2)65(83)88-29-17-15-16-21-48(76)35-49(39(3)4)62(80)73-51(22-19-28-71-66(70)84)53(77)34-47-26-24-45-33-46(25-27-50(45)72-47)63(81)74(9)42(7)64(82)90-57-36-58(78)75(10)52-31-43(32-54(86-11)60(52)69)30-40(5)20-18-23-56(87-12)68(85)37-55(89-59(79)38-68)41(6)61-67(57,8)91-61/h18,20,23-27,31-33,39,41-42,44,49,51,55-57,61,85H,13-17,19,21-22,28-30,34-38H2,1-12H3,(H,73,80)(H3,70,71,84)/b23-18+,40-20+/t41-,42+,49+,51+,55+,56-,57+,61+,67+,68-/m1/s1. The number of methoxy groups -OCH3 is 2. The Labute approximate surface area is 539 Å². The Morgan fingerprint density at radius 3 is 2.37 bits per heavy atom. The van der Waals surface area contributed by atoms with Gasteiger partial charge in [0.15, 0.2) is 5.78 Å². The van der Waals surface area contributed by atoms with Gasteiger partial charge in [-0.15, -0.1) is 0 Å². The van der Waals surface area contributed by atoms with Gasteiger partial charge in [-0.05, 0) is 120 Å². The van der Waals surface area contributed by atoms with Gasteiger partial charge in [0.25, 0.3) is 5.91 Å². The number of Topliss-reactive ketones (excluding diaryl/α,β-unsaturated/α-hetero) is 2. The summed E-state index contributed by atoms with van der Waals surface area (Å²) >= 11 is 6.87. The molecule has 0 unspecified atom stereocenters. The van der Waals surface area contributed by atoms with E-state index in [1.165, 1.54) is 44.1 Å². The molecule has 0 saturated carbocycles. The maximum absolute atomic E-state index is 14.6.